The molecule has 2 aromatic carbocycles. The third-order valence-electron chi connectivity index (χ3n) is 6.69. The highest BCUT2D eigenvalue weighted by Gasteiger charge is 2.33. The summed E-state index contributed by atoms with van der Waals surface area (Å²) in [4.78, 5) is 20.1. The van der Waals surface area contributed by atoms with Crippen LogP contribution in [-0.4, -0.2) is 95.2 Å². The van der Waals surface area contributed by atoms with Crippen LogP contribution in [0, 0.1) is 0 Å². The van der Waals surface area contributed by atoms with E-state index in [1.807, 2.05) is 53.4 Å². The molecule has 3 heterocycles. The van der Waals surface area contributed by atoms with E-state index in [1.54, 1.807) is 7.11 Å². The van der Waals surface area contributed by atoms with E-state index < -0.39 is 0 Å². The predicted octanol–water partition coefficient (Wildman–Crippen LogP) is 2.58. The Morgan fingerprint density at radius 1 is 0.943 bits per heavy atom. The van der Waals surface area contributed by atoms with Gasteiger partial charge in [-0.15, -0.1) is 0 Å². The summed E-state index contributed by atoms with van der Waals surface area (Å²) in [7, 11) is 1.64. The summed E-state index contributed by atoms with van der Waals surface area (Å²) in [5.74, 6) is 1.46. The van der Waals surface area contributed by atoms with Crippen LogP contribution in [0.15, 0.2) is 42.5 Å². The van der Waals surface area contributed by atoms with E-state index >= 15 is 0 Å². The van der Waals surface area contributed by atoms with Crippen LogP contribution in [0.25, 0.3) is 11.6 Å². The summed E-state index contributed by atoms with van der Waals surface area (Å²) < 4.78 is 22.6. The van der Waals surface area contributed by atoms with Crippen LogP contribution in [0.4, 0.5) is 5.69 Å². The molecular weight excluding hydrogens is 446 g/mol. The molecule has 186 valence electrons. The molecular formula is C27H33N3O5. The molecule has 1 amide bonds. The average molecular weight is 480 g/mol. The average Bonchev–Trinajstić information content (AvgIpc) is 3.16. The van der Waals surface area contributed by atoms with Gasteiger partial charge in [-0.2, -0.15) is 0 Å². The molecule has 35 heavy (non-hydrogen) atoms. The fourth-order valence-electron chi connectivity index (χ4n) is 4.69. The minimum absolute atomic E-state index is 0.000205. The number of ether oxygens (including phenoxy) is 4. The van der Waals surface area contributed by atoms with Gasteiger partial charge in [0.25, 0.3) is 5.91 Å². The van der Waals surface area contributed by atoms with Gasteiger partial charge >= 0.3 is 0 Å². The number of fused-ring (bicyclic) bond motifs is 1. The summed E-state index contributed by atoms with van der Waals surface area (Å²) >= 11 is 0. The van der Waals surface area contributed by atoms with Gasteiger partial charge in [0.05, 0.1) is 45.9 Å². The number of hydrogen-bond acceptors (Lipinski definition) is 7. The number of methoxy groups -OCH3 is 1. The molecule has 8 heteroatoms. The lowest BCUT2D eigenvalue weighted by Gasteiger charge is -2.30. The lowest BCUT2D eigenvalue weighted by molar-refractivity contribution is -0.113. The van der Waals surface area contributed by atoms with Crippen molar-refractivity contribution in [3.63, 3.8) is 0 Å². The van der Waals surface area contributed by atoms with Gasteiger partial charge in [0.2, 0.25) is 0 Å². The lowest BCUT2D eigenvalue weighted by atomic mass is 10.0. The van der Waals surface area contributed by atoms with Gasteiger partial charge < -0.3 is 18.9 Å². The van der Waals surface area contributed by atoms with Crippen molar-refractivity contribution in [3.05, 3.63) is 53.6 Å². The Morgan fingerprint density at radius 3 is 2.40 bits per heavy atom. The second-order valence-corrected chi connectivity index (χ2v) is 8.89. The van der Waals surface area contributed by atoms with E-state index in [-0.39, 0.29) is 5.91 Å². The first-order valence-corrected chi connectivity index (χ1v) is 12.3. The first kappa shape index (κ1) is 23.8. The van der Waals surface area contributed by atoms with E-state index in [4.69, 9.17) is 18.9 Å². The first-order valence-electron chi connectivity index (χ1n) is 12.3. The predicted molar refractivity (Wildman–Crippen MR) is 135 cm³/mol. The highest BCUT2D eigenvalue weighted by molar-refractivity contribution is 6.35. The van der Waals surface area contributed by atoms with Crippen LogP contribution in [0.5, 0.6) is 11.5 Å². The van der Waals surface area contributed by atoms with Gasteiger partial charge in [0, 0.05) is 49.4 Å². The highest BCUT2D eigenvalue weighted by Crippen LogP contribution is 2.39. The highest BCUT2D eigenvalue weighted by atomic mass is 16.5. The van der Waals surface area contributed by atoms with Gasteiger partial charge in [-0.05, 0) is 30.3 Å². The molecule has 2 saturated heterocycles. The van der Waals surface area contributed by atoms with Crippen molar-refractivity contribution in [2.24, 2.45) is 0 Å². The lowest BCUT2D eigenvalue weighted by Crippen LogP contribution is -2.45. The standard InChI is InChI=1S/C27H33N3O5/c1-32-22-6-7-26(35-17-12-28-8-13-33-14-9-28)21(18-22)19-24-23-4-2-3-5-25(23)30(27(24)31)20-29-10-15-34-16-11-29/h2-7,18-19H,8-17,20H2,1H3/b24-19+. The van der Waals surface area contributed by atoms with Gasteiger partial charge in [0.1, 0.15) is 18.1 Å². The zero-order chi connectivity index (χ0) is 24.0. The number of carbonyl (C=O) groups excluding carboxylic acids is 1. The van der Waals surface area contributed by atoms with E-state index in [0.717, 1.165) is 74.3 Å². The first-order chi connectivity index (χ1) is 17.2. The Morgan fingerprint density at radius 2 is 1.66 bits per heavy atom. The molecule has 0 aromatic heterocycles. The summed E-state index contributed by atoms with van der Waals surface area (Å²) in [6.45, 7) is 8.37. The number of nitrogens with zero attached hydrogens (tertiary/aromatic N) is 3. The van der Waals surface area contributed by atoms with Crippen molar-refractivity contribution >= 4 is 23.2 Å². The maximum atomic E-state index is 13.6. The SMILES string of the molecule is COc1ccc(OCCN2CCOCC2)c(/C=C2/C(=O)N(CN3CCOCC3)c3ccccc32)c1. The second-order valence-electron chi connectivity index (χ2n) is 8.89. The Kier molecular flexibility index (Phi) is 7.63. The summed E-state index contributed by atoms with van der Waals surface area (Å²) in [5.41, 5.74) is 3.37. The number of para-hydroxylation sites is 1. The molecule has 0 spiro atoms. The Balaban J connectivity index is 1.39. The maximum Gasteiger partial charge on any atom is 0.260 e. The number of carbonyl (C=O) groups is 1. The summed E-state index contributed by atoms with van der Waals surface area (Å²) in [6, 6.07) is 13.7. The molecule has 0 aliphatic carbocycles. The van der Waals surface area contributed by atoms with E-state index in [1.165, 1.54) is 0 Å². The van der Waals surface area contributed by atoms with Crippen molar-refractivity contribution in [2.75, 3.05) is 84.4 Å². The van der Waals surface area contributed by atoms with Crippen LogP contribution in [0.3, 0.4) is 0 Å². The number of rotatable bonds is 8. The van der Waals surface area contributed by atoms with Gasteiger partial charge in [0.15, 0.2) is 0 Å². The van der Waals surface area contributed by atoms with Crippen molar-refractivity contribution in [1.29, 1.82) is 0 Å². The maximum absolute atomic E-state index is 13.6. The van der Waals surface area contributed by atoms with Crippen molar-refractivity contribution in [1.82, 2.24) is 9.80 Å². The molecule has 0 unspecified atom stereocenters. The Hall–Kier alpha value is -2.91. The molecule has 2 aromatic rings. The Bertz CT molecular complexity index is 1060. The molecule has 3 aliphatic rings. The summed E-state index contributed by atoms with van der Waals surface area (Å²) in [6.07, 6.45) is 1.94. The fourth-order valence-corrected chi connectivity index (χ4v) is 4.69. The van der Waals surface area contributed by atoms with E-state index in [0.29, 0.717) is 32.1 Å². The zero-order valence-electron chi connectivity index (χ0n) is 20.3. The van der Waals surface area contributed by atoms with E-state index in [9.17, 15) is 4.79 Å². The monoisotopic (exact) mass is 479 g/mol. The quantitative estimate of drug-likeness (QED) is 0.540. The molecule has 8 nitrogen and oxygen atoms in total. The molecule has 2 fully saturated rings. The number of anilines is 1. The number of benzene rings is 2. The topological polar surface area (TPSA) is 63.7 Å². The van der Waals surface area contributed by atoms with Crippen LogP contribution >= 0.6 is 0 Å². The minimum Gasteiger partial charge on any atom is -0.497 e. The number of hydrogen-bond donors (Lipinski definition) is 0. The van der Waals surface area contributed by atoms with Crippen LogP contribution < -0.4 is 14.4 Å². The van der Waals surface area contributed by atoms with Crippen molar-refractivity contribution in [3.8, 4) is 11.5 Å². The number of amides is 1. The molecule has 5 rings (SSSR count). The normalized spacial score (nSPS) is 20.3. The third-order valence-corrected chi connectivity index (χ3v) is 6.69. The molecule has 3 aliphatic heterocycles. The van der Waals surface area contributed by atoms with Crippen LogP contribution in [-0.2, 0) is 14.3 Å². The van der Waals surface area contributed by atoms with E-state index in [2.05, 4.69) is 9.80 Å². The van der Waals surface area contributed by atoms with Gasteiger partial charge in [-0.3, -0.25) is 19.5 Å². The van der Waals surface area contributed by atoms with Crippen LogP contribution in [0.1, 0.15) is 11.1 Å². The minimum atomic E-state index is -0.000205. The fraction of sp³-hybridized carbons (Fsp3) is 0.444. The molecule has 0 bridgehead atoms. The molecule has 0 N–H and O–H groups in total. The van der Waals surface area contributed by atoms with Crippen molar-refractivity contribution in [2.45, 2.75) is 0 Å². The summed E-state index contributed by atoms with van der Waals surface area (Å²) in [5, 5.41) is 0. The van der Waals surface area contributed by atoms with Crippen LogP contribution in [0.2, 0.25) is 0 Å². The second kappa shape index (κ2) is 11.2. The molecule has 0 radical (unpaired) electrons. The largest absolute Gasteiger partial charge is 0.497 e. The zero-order valence-corrected chi connectivity index (χ0v) is 20.3. The third kappa shape index (κ3) is 5.51. The molecule has 0 saturated carbocycles. The Labute approximate surface area is 206 Å². The molecule has 0 atom stereocenters. The smallest absolute Gasteiger partial charge is 0.260 e. The van der Waals surface area contributed by atoms with Crippen molar-refractivity contribution < 1.29 is 23.7 Å². The van der Waals surface area contributed by atoms with Gasteiger partial charge in [-0.25, -0.2) is 0 Å². The van der Waals surface area contributed by atoms with Gasteiger partial charge in [-0.1, -0.05) is 18.2 Å². The number of morpholine rings is 2.